The molecule has 0 aromatic rings. The average Bonchev–Trinajstić information content (AvgIpc) is 2.99. The molecule has 0 saturated heterocycles. The standard InChI is InChI=1S/C37H71NO4/c1-3-5-7-9-11-13-15-17-19-20-22-24-26-28-30-32-36(40)38-35(34-39)37(41)42-33-31-29-27-25-23-21-18-16-14-12-10-8-6-4-2/h17,19,35,39H,3-16,18,20-34H2,1-2H3,(H,38,40)/b19-17-/t35-/m0/s1. The van der Waals surface area contributed by atoms with Gasteiger partial charge in [0.1, 0.15) is 0 Å². The molecule has 0 heterocycles. The van der Waals surface area contributed by atoms with Crippen molar-refractivity contribution in [2.75, 3.05) is 13.2 Å². The van der Waals surface area contributed by atoms with Crippen molar-refractivity contribution in [2.45, 2.75) is 200 Å². The molecule has 0 aromatic carbocycles. The maximum atomic E-state index is 12.3. The Hall–Kier alpha value is -1.36. The van der Waals surface area contributed by atoms with Gasteiger partial charge in [-0.25, -0.2) is 4.79 Å². The van der Waals surface area contributed by atoms with E-state index in [0.29, 0.717) is 13.0 Å². The number of aliphatic hydroxyl groups excluding tert-OH is 1. The van der Waals surface area contributed by atoms with Crippen LogP contribution < -0.4 is 5.32 Å². The molecule has 0 rings (SSSR count). The van der Waals surface area contributed by atoms with Gasteiger partial charge < -0.3 is 15.2 Å². The topological polar surface area (TPSA) is 75.6 Å². The quantitative estimate of drug-likeness (QED) is 0.0451. The first kappa shape index (κ1) is 40.6. The second kappa shape index (κ2) is 34.1. The number of amides is 1. The van der Waals surface area contributed by atoms with Gasteiger partial charge in [-0.15, -0.1) is 0 Å². The van der Waals surface area contributed by atoms with Crippen molar-refractivity contribution >= 4 is 11.9 Å². The van der Waals surface area contributed by atoms with Gasteiger partial charge in [-0.3, -0.25) is 4.79 Å². The lowest BCUT2D eigenvalue weighted by molar-refractivity contribution is -0.149. The third-order valence-electron chi connectivity index (χ3n) is 8.21. The number of carbonyl (C=O) groups is 2. The number of nitrogens with one attached hydrogen (secondary N) is 1. The lowest BCUT2D eigenvalue weighted by Gasteiger charge is -2.15. The van der Waals surface area contributed by atoms with Crippen LogP contribution in [-0.2, 0) is 14.3 Å². The zero-order chi connectivity index (χ0) is 30.8. The highest BCUT2D eigenvalue weighted by molar-refractivity contribution is 5.84. The Bertz CT molecular complexity index is 607. The number of carbonyl (C=O) groups excluding carboxylic acids is 2. The number of esters is 1. The largest absolute Gasteiger partial charge is 0.464 e. The van der Waals surface area contributed by atoms with Crippen molar-refractivity contribution in [2.24, 2.45) is 0 Å². The molecule has 0 saturated carbocycles. The molecule has 0 radical (unpaired) electrons. The van der Waals surface area contributed by atoms with Crippen LogP contribution in [0, 0.1) is 0 Å². The smallest absolute Gasteiger partial charge is 0.331 e. The Kier molecular flexibility index (Phi) is 33.0. The zero-order valence-electron chi connectivity index (χ0n) is 28.1. The van der Waals surface area contributed by atoms with Gasteiger partial charge in [-0.1, -0.05) is 161 Å². The van der Waals surface area contributed by atoms with E-state index in [0.717, 1.165) is 38.5 Å². The molecular weight excluding hydrogens is 522 g/mol. The van der Waals surface area contributed by atoms with Gasteiger partial charge in [0.2, 0.25) is 5.91 Å². The van der Waals surface area contributed by atoms with Crippen molar-refractivity contribution in [1.29, 1.82) is 0 Å². The monoisotopic (exact) mass is 594 g/mol. The summed E-state index contributed by atoms with van der Waals surface area (Å²) in [5.74, 6) is -0.704. The van der Waals surface area contributed by atoms with Crippen LogP contribution in [0.25, 0.3) is 0 Å². The van der Waals surface area contributed by atoms with Gasteiger partial charge in [-0.2, -0.15) is 0 Å². The second-order valence-corrected chi connectivity index (χ2v) is 12.4. The van der Waals surface area contributed by atoms with Crippen LogP contribution >= 0.6 is 0 Å². The summed E-state index contributed by atoms with van der Waals surface area (Å²) >= 11 is 0. The molecule has 0 aliphatic carbocycles. The normalized spacial score (nSPS) is 12.2. The molecule has 0 aromatic heterocycles. The Morgan fingerprint density at radius 1 is 0.571 bits per heavy atom. The fourth-order valence-electron chi connectivity index (χ4n) is 5.37. The molecule has 2 N–H and O–H groups in total. The van der Waals surface area contributed by atoms with E-state index in [1.54, 1.807) is 0 Å². The van der Waals surface area contributed by atoms with Gasteiger partial charge in [0.25, 0.3) is 0 Å². The van der Waals surface area contributed by atoms with E-state index in [1.807, 2.05) is 0 Å². The number of unbranched alkanes of at least 4 members (excludes halogenated alkanes) is 24. The van der Waals surface area contributed by atoms with Crippen LogP contribution in [0.15, 0.2) is 12.2 Å². The number of hydrogen-bond donors (Lipinski definition) is 2. The van der Waals surface area contributed by atoms with Crippen molar-refractivity contribution in [1.82, 2.24) is 5.32 Å². The number of allylic oxidation sites excluding steroid dienone is 2. The number of ether oxygens (including phenoxy) is 1. The van der Waals surface area contributed by atoms with Crippen LogP contribution in [-0.4, -0.2) is 36.2 Å². The Morgan fingerprint density at radius 3 is 1.38 bits per heavy atom. The number of hydrogen-bond acceptors (Lipinski definition) is 4. The van der Waals surface area contributed by atoms with Crippen LogP contribution in [0.3, 0.4) is 0 Å². The van der Waals surface area contributed by atoms with Crippen LogP contribution in [0.1, 0.15) is 194 Å². The molecule has 0 bridgehead atoms. The molecule has 0 aliphatic heterocycles. The minimum absolute atomic E-state index is 0.180. The van der Waals surface area contributed by atoms with E-state index in [-0.39, 0.29) is 5.91 Å². The SMILES string of the molecule is CCCCCCCC/C=C\CCCCCCCC(=O)N[C@@H](CO)C(=O)OCCCCCCCCCCCCCCCC. The van der Waals surface area contributed by atoms with Crippen LogP contribution in [0.4, 0.5) is 0 Å². The van der Waals surface area contributed by atoms with Gasteiger partial charge in [0, 0.05) is 6.42 Å². The molecule has 1 atom stereocenters. The summed E-state index contributed by atoms with van der Waals surface area (Å²) in [6.45, 7) is 4.46. The maximum Gasteiger partial charge on any atom is 0.331 e. The van der Waals surface area contributed by atoms with Gasteiger partial charge in [0.15, 0.2) is 6.04 Å². The Morgan fingerprint density at radius 2 is 0.952 bits per heavy atom. The summed E-state index contributed by atoms with van der Waals surface area (Å²) < 4.78 is 5.31. The average molecular weight is 594 g/mol. The molecule has 248 valence electrons. The molecule has 1 amide bonds. The summed E-state index contributed by atoms with van der Waals surface area (Å²) in [5.41, 5.74) is 0. The van der Waals surface area contributed by atoms with Crippen LogP contribution in [0.2, 0.25) is 0 Å². The van der Waals surface area contributed by atoms with Gasteiger partial charge in [0.05, 0.1) is 13.2 Å². The predicted octanol–water partition coefficient (Wildman–Crippen LogP) is 10.5. The lowest BCUT2D eigenvalue weighted by Crippen LogP contribution is -2.44. The molecule has 0 aliphatic rings. The summed E-state index contributed by atoms with van der Waals surface area (Å²) in [5, 5.41) is 12.2. The highest BCUT2D eigenvalue weighted by Crippen LogP contribution is 2.13. The molecule has 0 unspecified atom stereocenters. The first-order valence-corrected chi connectivity index (χ1v) is 18.4. The highest BCUT2D eigenvalue weighted by atomic mass is 16.5. The Balaban J connectivity index is 3.56. The number of rotatable bonds is 33. The molecule has 0 spiro atoms. The van der Waals surface area contributed by atoms with Crippen molar-refractivity contribution < 1.29 is 19.4 Å². The maximum absolute atomic E-state index is 12.3. The predicted molar refractivity (Wildman–Crippen MR) is 180 cm³/mol. The molecular formula is C37H71NO4. The second-order valence-electron chi connectivity index (χ2n) is 12.4. The van der Waals surface area contributed by atoms with Crippen molar-refractivity contribution in [3.8, 4) is 0 Å². The summed E-state index contributed by atoms with van der Waals surface area (Å²) in [4.78, 5) is 24.5. The lowest BCUT2D eigenvalue weighted by atomic mass is 10.0. The third-order valence-corrected chi connectivity index (χ3v) is 8.21. The van der Waals surface area contributed by atoms with E-state index in [1.165, 1.54) is 135 Å². The van der Waals surface area contributed by atoms with E-state index in [4.69, 9.17) is 4.74 Å². The van der Waals surface area contributed by atoms with Crippen molar-refractivity contribution in [3.63, 3.8) is 0 Å². The molecule has 5 nitrogen and oxygen atoms in total. The summed E-state index contributed by atoms with van der Waals surface area (Å²) in [7, 11) is 0. The first-order valence-electron chi connectivity index (χ1n) is 18.4. The minimum Gasteiger partial charge on any atom is -0.464 e. The van der Waals surface area contributed by atoms with Crippen molar-refractivity contribution in [3.05, 3.63) is 12.2 Å². The fraction of sp³-hybridized carbons (Fsp3) is 0.892. The number of aliphatic hydroxyl groups is 1. The van der Waals surface area contributed by atoms with E-state index in [9.17, 15) is 14.7 Å². The summed E-state index contributed by atoms with van der Waals surface area (Å²) in [6.07, 6.45) is 38.9. The highest BCUT2D eigenvalue weighted by Gasteiger charge is 2.21. The fourth-order valence-corrected chi connectivity index (χ4v) is 5.37. The Labute approximate surface area is 261 Å². The molecule has 42 heavy (non-hydrogen) atoms. The molecule has 0 fully saturated rings. The van der Waals surface area contributed by atoms with Gasteiger partial charge in [-0.05, 0) is 38.5 Å². The van der Waals surface area contributed by atoms with E-state index in [2.05, 4.69) is 31.3 Å². The van der Waals surface area contributed by atoms with Gasteiger partial charge >= 0.3 is 5.97 Å². The van der Waals surface area contributed by atoms with E-state index < -0.39 is 18.6 Å². The van der Waals surface area contributed by atoms with Crippen LogP contribution in [0.5, 0.6) is 0 Å². The third kappa shape index (κ3) is 30.1. The molecule has 5 heteroatoms. The summed E-state index contributed by atoms with van der Waals surface area (Å²) in [6, 6.07) is -0.952. The van der Waals surface area contributed by atoms with E-state index >= 15 is 0 Å². The first-order chi connectivity index (χ1) is 20.7. The minimum atomic E-state index is -0.952. The zero-order valence-corrected chi connectivity index (χ0v) is 28.1.